The van der Waals surface area contributed by atoms with E-state index >= 15 is 0 Å². The number of rotatable bonds is 2. The summed E-state index contributed by atoms with van der Waals surface area (Å²) in [6.45, 7) is 8.29. The van der Waals surface area contributed by atoms with Gasteiger partial charge in [0.25, 0.3) is 0 Å². The van der Waals surface area contributed by atoms with Crippen LogP contribution >= 0.6 is 0 Å². The predicted molar refractivity (Wildman–Crippen MR) is 49.1 cm³/mol. The van der Waals surface area contributed by atoms with E-state index in [4.69, 9.17) is 6.58 Å². The maximum absolute atomic E-state index is 9.68. The van der Waals surface area contributed by atoms with Crippen molar-refractivity contribution in [2.45, 2.75) is 13.8 Å². The van der Waals surface area contributed by atoms with Crippen LogP contribution in [0.2, 0.25) is 0 Å². The molecule has 0 atom stereocenters. The van der Waals surface area contributed by atoms with Gasteiger partial charge in [-0.25, -0.2) is 0 Å². The van der Waals surface area contributed by atoms with Crippen LogP contribution < -0.4 is 5.11 Å². The molecular formula is C9H14MgO. The fraction of sp³-hybridized carbons (Fsp3) is 0.333. The molecule has 0 N–H and O–H groups in total. The molecule has 0 bridgehead atoms. The van der Waals surface area contributed by atoms with Gasteiger partial charge >= 0.3 is 23.1 Å². The van der Waals surface area contributed by atoms with Crippen LogP contribution in [0, 0.1) is 6.58 Å². The minimum atomic E-state index is -0.121. The summed E-state index contributed by atoms with van der Waals surface area (Å²) in [6, 6.07) is 0. The zero-order valence-electron chi connectivity index (χ0n) is 7.29. The van der Waals surface area contributed by atoms with E-state index in [-0.39, 0.29) is 29.7 Å². The molecule has 0 fully saturated rings. The van der Waals surface area contributed by atoms with E-state index in [0.29, 0.717) is 0 Å². The molecule has 0 aliphatic heterocycles. The van der Waals surface area contributed by atoms with Gasteiger partial charge in [0.15, 0.2) is 0 Å². The third-order valence-corrected chi connectivity index (χ3v) is 0.536. The standard InChI is InChI=1S/C6H9O.C3H5.Mg/c1-2-3-4-5-6-7;1-3-2;/h2-5H,6H2,1H3;1,3H,2H3;/q2*-1;+2/b3-2+,5-4+;;. The topological polar surface area (TPSA) is 23.1 Å². The Morgan fingerprint density at radius 1 is 1.27 bits per heavy atom. The zero-order valence-corrected chi connectivity index (χ0v) is 8.70. The van der Waals surface area contributed by atoms with E-state index in [0.717, 1.165) is 0 Å². The monoisotopic (exact) mass is 162 g/mol. The molecule has 0 rings (SSSR count). The third kappa shape index (κ3) is 40.3. The fourth-order valence-electron chi connectivity index (χ4n) is 0.245. The molecule has 0 heterocycles. The minimum absolute atomic E-state index is 0. The molecule has 0 aliphatic carbocycles. The molecule has 0 saturated heterocycles. The SMILES string of the molecule is C/C=C/C=C/C[O-].[CH-]=CC.[Mg+2]. The first-order valence-corrected chi connectivity index (χ1v) is 3.18. The Kier molecular flexibility index (Phi) is 35.1. The average Bonchev–Trinajstić information content (AvgIpc) is 1.91. The van der Waals surface area contributed by atoms with Crippen molar-refractivity contribution in [2.75, 3.05) is 6.61 Å². The molecule has 1 nitrogen and oxygen atoms in total. The van der Waals surface area contributed by atoms with Crippen molar-refractivity contribution in [1.29, 1.82) is 0 Å². The summed E-state index contributed by atoms with van der Waals surface area (Å²) >= 11 is 0. The van der Waals surface area contributed by atoms with Gasteiger partial charge in [-0.15, -0.1) is 12.7 Å². The Morgan fingerprint density at radius 2 is 1.73 bits per heavy atom. The van der Waals surface area contributed by atoms with Gasteiger partial charge in [0, 0.05) is 0 Å². The van der Waals surface area contributed by atoms with Gasteiger partial charge in [-0.3, -0.25) is 6.08 Å². The van der Waals surface area contributed by atoms with Crippen molar-refractivity contribution in [2.24, 2.45) is 0 Å². The van der Waals surface area contributed by atoms with Crippen molar-refractivity contribution in [3.63, 3.8) is 0 Å². The van der Waals surface area contributed by atoms with Crippen molar-refractivity contribution < 1.29 is 5.11 Å². The fourth-order valence-corrected chi connectivity index (χ4v) is 0.245. The molecule has 0 aromatic heterocycles. The molecule has 0 spiro atoms. The van der Waals surface area contributed by atoms with Crippen molar-refractivity contribution in [1.82, 2.24) is 0 Å². The smallest absolute Gasteiger partial charge is 0.851 e. The van der Waals surface area contributed by atoms with E-state index in [1.165, 1.54) is 6.08 Å². The van der Waals surface area contributed by atoms with Gasteiger partial charge in [0.05, 0.1) is 0 Å². The molecule has 11 heavy (non-hydrogen) atoms. The van der Waals surface area contributed by atoms with E-state index < -0.39 is 0 Å². The van der Waals surface area contributed by atoms with Crippen LogP contribution in [0.4, 0.5) is 0 Å². The van der Waals surface area contributed by atoms with Crippen LogP contribution in [0.5, 0.6) is 0 Å². The molecule has 0 unspecified atom stereocenters. The number of hydrogen-bond acceptors (Lipinski definition) is 1. The second kappa shape index (κ2) is 22.5. The molecular weight excluding hydrogens is 148 g/mol. The van der Waals surface area contributed by atoms with E-state index in [1.807, 2.05) is 19.1 Å². The maximum Gasteiger partial charge on any atom is 2.00 e. The van der Waals surface area contributed by atoms with Crippen LogP contribution in [-0.2, 0) is 0 Å². The second-order valence-corrected chi connectivity index (χ2v) is 1.45. The van der Waals surface area contributed by atoms with Gasteiger partial charge in [-0.05, 0) is 6.92 Å². The molecule has 0 amide bonds. The van der Waals surface area contributed by atoms with Crippen molar-refractivity contribution in [3.8, 4) is 0 Å². The van der Waals surface area contributed by atoms with Gasteiger partial charge in [0.2, 0.25) is 0 Å². The third-order valence-electron chi connectivity index (χ3n) is 0.536. The van der Waals surface area contributed by atoms with E-state index in [2.05, 4.69) is 0 Å². The molecule has 0 saturated carbocycles. The summed E-state index contributed by atoms with van der Waals surface area (Å²) in [7, 11) is 0. The Hall–Kier alpha value is -0.0538. The molecule has 0 aromatic carbocycles. The Bertz CT molecular complexity index is 106. The van der Waals surface area contributed by atoms with Crippen LogP contribution in [0.15, 0.2) is 30.4 Å². The average molecular weight is 163 g/mol. The molecule has 58 valence electrons. The molecule has 0 radical (unpaired) electrons. The first kappa shape index (κ1) is 17.1. The summed E-state index contributed by atoms with van der Waals surface area (Å²) < 4.78 is 0. The summed E-state index contributed by atoms with van der Waals surface area (Å²) in [4.78, 5) is 0. The second-order valence-electron chi connectivity index (χ2n) is 1.45. The first-order valence-electron chi connectivity index (χ1n) is 3.18. The van der Waals surface area contributed by atoms with E-state index in [1.54, 1.807) is 19.1 Å². The summed E-state index contributed by atoms with van der Waals surface area (Å²) in [5.74, 6) is 0. The summed E-state index contributed by atoms with van der Waals surface area (Å²) in [5.41, 5.74) is 0. The number of allylic oxidation sites excluding steroid dienone is 4. The van der Waals surface area contributed by atoms with Gasteiger partial charge in [0.1, 0.15) is 0 Å². The molecule has 0 aliphatic rings. The molecule has 0 aromatic rings. The Balaban J connectivity index is -0.000000140. The van der Waals surface area contributed by atoms with Crippen LogP contribution in [0.25, 0.3) is 0 Å². The quantitative estimate of drug-likeness (QED) is 0.339. The van der Waals surface area contributed by atoms with Gasteiger partial charge in [-0.1, -0.05) is 25.2 Å². The largest absolute Gasteiger partial charge is 2.00 e. The molecule has 2 heteroatoms. The van der Waals surface area contributed by atoms with Gasteiger partial charge in [-0.2, -0.15) is 0 Å². The van der Waals surface area contributed by atoms with E-state index in [9.17, 15) is 5.11 Å². The minimum Gasteiger partial charge on any atom is -0.851 e. The van der Waals surface area contributed by atoms with Crippen molar-refractivity contribution in [3.05, 3.63) is 37.0 Å². The maximum atomic E-state index is 9.68. The summed E-state index contributed by atoms with van der Waals surface area (Å²) in [6.07, 6.45) is 8.52. The first-order chi connectivity index (χ1) is 4.83. The van der Waals surface area contributed by atoms with Crippen molar-refractivity contribution >= 4 is 23.1 Å². The van der Waals surface area contributed by atoms with Crippen LogP contribution in [0.1, 0.15) is 13.8 Å². The number of hydrogen-bond donors (Lipinski definition) is 0. The van der Waals surface area contributed by atoms with Crippen LogP contribution in [-0.4, -0.2) is 29.7 Å². The van der Waals surface area contributed by atoms with Gasteiger partial charge < -0.3 is 11.7 Å². The van der Waals surface area contributed by atoms with Crippen LogP contribution in [0.3, 0.4) is 0 Å². The zero-order chi connectivity index (χ0) is 8.24. The predicted octanol–water partition coefficient (Wildman–Crippen LogP) is 1.09. The Labute approximate surface area is 85.7 Å². The summed E-state index contributed by atoms with van der Waals surface area (Å²) in [5, 5.41) is 9.68. The normalized spacial score (nSPS) is 8.64. The Morgan fingerprint density at radius 3 is 2.00 bits per heavy atom.